The number of nitrogens with zero attached hydrogens (tertiary/aromatic N) is 1. The predicted octanol–water partition coefficient (Wildman–Crippen LogP) is 1.78. The molecule has 0 N–H and O–H groups in total. The van der Waals surface area contributed by atoms with Crippen molar-refractivity contribution in [1.29, 1.82) is 0 Å². The van der Waals surface area contributed by atoms with Crippen LogP contribution in [0.2, 0.25) is 0 Å². The second kappa shape index (κ2) is 6.18. The summed E-state index contributed by atoms with van der Waals surface area (Å²) >= 11 is 1.69. The number of rotatable bonds is 7. The van der Waals surface area contributed by atoms with E-state index < -0.39 is 9.84 Å². The maximum atomic E-state index is 11.1. The van der Waals surface area contributed by atoms with Gasteiger partial charge in [0.2, 0.25) is 0 Å². The highest BCUT2D eigenvalue weighted by Crippen LogP contribution is 2.11. The van der Waals surface area contributed by atoms with Gasteiger partial charge in [-0.05, 0) is 11.4 Å². The third kappa shape index (κ3) is 5.44. The zero-order valence-electron chi connectivity index (χ0n) is 9.43. The van der Waals surface area contributed by atoms with E-state index in [1.165, 1.54) is 11.1 Å². The second-order valence-electron chi connectivity index (χ2n) is 3.73. The molecule has 0 aliphatic heterocycles. The smallest absolute Gasteiger partial charge is 0.148 e. The summed E-state index contributed by atoms with van der Waals surface area (Å²) in [5, 5.41) is 2.03. The van der Waals surface area contributed by atoms with Crippen molar-refractivity contribution < 1.29 is 8.42 Å². The maximum absolute atomic E-state index is 11.1. The Morgan fingerprint density at radius 2 is 2.31 bits per heavy atom. The van der Waals surface area contributed by atoms with Gasteiger partial charge in [0, 0.05) is 30.8 Å². The van der Waals surface area contributed by atoms with Gasteiger partial charge in [-0.15, -0.1) is 17.9 Å². The molecule has 0 aliphatic carbocycles. The van der Waals surface area contributed by atoms with E-state index in [1.54, 1.807) is 17.4 Å². The molecule has 0 radical (unpaired) electrons. The Kier molecular flexibility index (Phi) is 5.18. The zero-order chi connectivity index (χ0) is 12.0. The van der Waals surface area contributed by atoms with Crippen molar-refractivity contribution in [3.8, 4) is 0 Å². The van der Waals surface area contributed by atoms with E-state index in [0.717, 1.165) is 6.54 Å². The summed E-state index contributed by atoms with van der Waals surface area (Å²) in [5.74, 6) is 0.201. The van der Waals surface area contributed by atoms with Gasteiger partial charge in [-0.2, -0.15) is 0 Å². The van der Waals surface area contributed by atoms with Crippen LogP contribution in [0.15, 0.2) is 30.2 Å². The van der Waals surface area contributed by atoms with Gasteiger partial charge in [0.15, 0.2) is 0 Å². The second-order valence-corrected chi connectivity index (χ2v) is 7.03. The Hall–Kier alpha value is -0.650. The molecule has 0 saturated heterocycles. The quantitative estimate of drug-likeness (QED) is 0.701. The van der Waals surface area contributed by atoms with Crippen LogP contribution in [-0.4, -0.2) is 38.4 Å². The molecule has 1 rings (SSSR count). The Bertz CT molecular complexity index is 409. The van der Waals surface area contributed by atoms with Gasteiger partial charge < -0.3 is 0 Å². The largest absolute Gasteiger partial charge is 0.294 e. The summed E-state index contributed by atoms with van der Waals surface area (Å²) in [4.78, 5) is 3.33. The fourth-order valence-corrected chi connectivity index (χ4v) is 2.67. The van der Waals surface area contributed by atoms with Crippen LogP contribution in [0, 0.1) is 0 Å². The van der Waals surface area contributed by atoms with E-state index in [1.807, 2.05) is 11.4 Å². The molecule has 0 atom stereocenters. The first kappa shape index (κ1) is 13.4. The molecule has 5 heteroatoms. The van der Waals surface area contributed by atoms with Crippen LogP contribution in [0.1, 0.15) is 4.88 Å². The molecular formula is C11H17NO2S2. The van der Waals surface area contributed by atoms with Crippen molar-refractivity contribution in [2.75, 3.05) is 25.1 Å². The van der Waals surface area contributed by atoms with E-state index in [2.05, 4.69) is 17.5 Å². The Balaban J connectivity index is 2.51. The molecule has 90 valence electrons. The zero-order valence-corrected chi connectivity index (χ0v) is 11.1. The lowest BCUT2D eigenvalue weighted by atomic mass is 10.4. The highest BCUT2D eigenvalue weighted by atomic mass is 32.2. The normalized spacial score (nSPS) is 11.9. The lowest BCUT2D eigenvalue weighted by molar-refractivity contribution is 0.315. The third-order valence-electron chi connectivity index (χ3n) is 2.13. The third-order valence-corrected chi connectivity index (χ3v) is 3.91. The maximum Gasteiger partial charge on any atom is 0.148 e. The van der Waals surface area contributed by atoms with Gasteiger partial charge in [0.25, 0.3) is 0 Å². The number of sulfone groups is 1. The average molecular weight is 259 g/mol. The minimum Gasteiger partial charge on any atom is -0.294 e. The molecule has 0 unspecified atom stereocenters. The standard InChI is InChI=1S/C11H17NO2S2/c1-3-6-12(7-9-16(2,13)14)10-11-5-4-8-15-11/h3-5,8H,1,6-7,9-10H2,2H3. The van der Waals surface area contributed by atoms with Crippen molar-refractivity contribution in [2.24, 2.45) is 0 Å². The Labute approximate surface area is 101 Å². The van der Waals surface area contributed by atoms with Crippen molar-refractivity contribution in [1.82, 2.24) is 4.90 Å². The van der Waals surface area contributed by atoms with E-state index in [-0.39, 0.29) is 5.75 Å². The first-order chi connectivity index (χ1) is 7.51. The van der Waals surface area contributed by atoms with E-state index >= 15 is 0 Å². The predicted molar refractivity (Wildman–Crippen MR) is 69.5 cm³/mol. The number of thiophene rings is 1. The first-order valence-electron chi connectivity index (χ1n) is 5.04. The lowest BCUT2D eigenvalue weighted by Crippen LogP contribution is -2.28. The van der Waals surface area contributed by atoms with Gasteiger partial charge >= 0.3 is 0 Å². The molecule has 0 saturated carbocycles. The Morgan fingerprint density at radius 3 is 2.81 bits per heavy atom. The van der Waals surface area contributed by atoms with Gasteiger partial charge in [0.1, 0.15) is 9.84 Å². The monoisotopic (exact) mass is 259 g/mol. The molecule has 1 aromatic rings. The molecule has 0 fully saturated rings. The molecule has 0 bridgehead atoms. The van der Waals surface area contributed by atoms with Crippen molar-refractivity contribution in [3.63, 3.8) is 0 Å². The topological polar surface area (TPSA) is 37.4 Å². The van der Waals surface area contributed by atoms with Crippen LogP contribution in [0.25, 0.3) is 0 Å². The molecular weight excluding hydrogens is 242 g/mol. The Morgan fingerprint density at radius 1 is 1.56 bits per heavy atom. The van der Waals surface area contributed by atoms with Crippen molar-refractivity contribution in [3.05, 3.63) is 35.0 Å². The highest BCUT2D eigenvalue weighted by Gasteiger charge is 2.09. The first-order valence-corrected chi connectivity index (χ1v) is 7.98. The van der Waals surface area contributed by atoms with Crippen molar-refractivity contribution in [2.45, 2.75) is 6.54 Å². The summed E-state index contributed by atoms with van der Waals surface area (Å²) in [5.41, 5.74) is 0. The van der Waals surface area contributed by atoms with E-state index in [9.17, 15) is 8.42 Å². The minimum atomic E-state index is -2.89. The van der Waals surface area contributed by atoms with Gasteiger partial charge in [-0.25, -0.2) is 8.42 Å². The van der Waals surface area contributed by atoms with Crippen LogP contribution in [0.5, 0.6) is 0 Å². The van der Waals surface area contributed by atoms with Gasteiger partial charge in [0.05, 0.1) is 5.75 Å². The molecule has 1 heterocycles. The average Bonchev–Trinajstić information content (AvgIpc) is 2.66. The molecule has 3 nitrogen and oxygen atoms in total. The van der Waals surface area contributed by atoms with Crippen LogP contribution in [-0.2, 0) is 16.4 Å². The van der Waals surface area contributed by atoms with Crippen LogP contribution in [0.4, 0.5) is 0 Å². The molecule has 16 heavy (non-hydrogen) atoms. The molecule has 0 spiro atoms. The lowest BCUT2D eigenvalue weighted by Gasteiger charge is -2.19. The molecule has 0 aromatic carbocycles. The highest BCUT2D eigenvalue weighted by molar-refractivity contribution is 7.90. The fraction of sp³-hybridized carbons (Fsp3) is 0.455. The summed E-state index contributed by atoms with van der Waals surface area (Å²) in [6, 6.07) is 4.06. The van der Waals surface area contributed by atoms with Gasteiger partial charge in [-0.3, -0.25) is 4.90 Å². The summed E-state index contributed by atoms with van der Waals surface area (Å²) < 4.78 is 22.2. The molecule has 0 aliphatic rings. The summed E-state index contributed by atoms with van der Waals surface area (Å²) in [6.45, 7) is 5.75. The number of hydrogen-bond donors (Lipinski definition) is 0. The van der Waals surface area contributed by atoms with Crippen LogP contribution in [0.3, 0.4) is 0 Å². The SMILES string of the molecule is C=CCN(CCS(C)(=O)=O)Cc1cccs1. The summed E-state index contributed by atoms with van der Waals surface area (Å²) in [7, 11) is -2.89. The minimum absolute atomic E-state index is 0.201. The van der Waals surface area contributed by atoms with Crippen LogP contribution < -0.4 is 0 Å². The fourth-order valence-electron chi connectivity index (χ4n) is 1.34. The van der Waals surface area contributed by atoms with Crippen molar-refractivity contribution >= 4 is 21.2 Å². The molecule has 1 aromatic heterocycles. The van der Waals surface area contributed by atoms with Gasteiger partial charge in [-0.1, -0.05) is 12.1 Å². The number of hydrogen-bond acceptors (Lipinski definition) is 4. The van der Waals surface area contributed by atoms with Crippen LogP contribution >= 0.6 is 11.3 Å². The van der Waals surface area contributed by atoms with E-state index in [4.69, 9.17) is 0 Å². The summed E-state index contributed by atoms with van der Waals surface area (Å²) in [6.07, 6.45) is 3.07. The molecule has 0 amide bonds. The van der Waals surface area contributed by atoms with E-state index in [0.29, 0.717) is 13.1 Å².